The molecule has 2 bridgehead atoms. The molecule has 1 saturated heterocycles. The van der Waals surface area contributed by atoms with E-state index in [2.05, 4.69) is 5.32 Å². The topological polar surface area (TPSA) is 55.4 Å². The highest BCUT2D eigenvalue weighted by atomic mass is 35.5. The van der Waals surface area contributed by atoms with Gasteiger partial charge in [0.2, 0.25) is 0 Å². The molecule has 2 unspecified atom stereocenters. The minimum absolute atomic E-state index is 0.275. The third kappa shape index (κ3) is 1.71. The lowest BCUT2D eigenvalue weighted by Gasteiger charge is -2.35. The fourth-order valence-electron chi connectivity index (χ4n) is 3.57. The van der Waals surface area contributed by atoms with E-state index in [9.17, 15) is 9.59 Å². The third-order valence-electron chi connectivity index (χ3n) is 5.65. The van der Waals surface area contributed by atoms with Crippen LogP contribution in [-0.2, 0) is 14.3 Å². The summed E-state index contributed by atoms with van der Waals surface area (Å²) in [5.41, 5.74) is -1.97. The van der Waals surface area contributed by atoms with Crippen molar-refractivity contribution >= 4 is 40.8 Å². The molecule has 3 rings (SSSR count). The van der Waals surface area contributed by atoms with E-state index in [-0.39, 0.29) is 16.9 Å². The molecule has 0 radical (unpaired) electrons. The van der Waals surface area contributed by atoms with Crippen molar-refractivity contribution in [2.75, 3.05) is 5.32 Å². The predicted octanol–water partition coefficient (Wildman–Crippen LogP) is 4.05. The number of benzene rings is 1. The molecule has 2 aliphatic rings. The molecule has 2 atom stereocenters. The third-order valence-corrected chi connectivity index (χ3v) is 6.47. The molecule has 6 heteroatoms. The van der Waals surface area contributed by atoms with Gasteiger partial charge in [-0.3, -0.25) is 9.59 Å². The fraction of sp³-hybridized carbons (Fsp3) is 0.500. The Morgan fingerprint density at radius 3 is 2.45 bits per heavy atom. The van der Waals surface area contributed by atoms with E-state index < -0.39 is 16.4 Å². The Hall–Kier alpha value is -1.26. The van der Waals surface area contributed by atoms with E-state index in [1.54, 1.807) is 18.2 Å². The second-order valence-corrected chi connectivity index (χ2v) is 7.51. The SMILES string of the molecule is CC12CCC(C(=O)Nc3cccc(Cl)c3Cl)(OC1=O)C2(C)C. The van der Waals surface area contributed by atoms with Gasteiger partial charge in [0, 0.05) is 5.41 Å². The molecule has 1 saturated carbocycles. The maximum absolute atomic E-state index is 12.9. The largest absolute Gasteiger partial charge is 0.448 e. The minimum Gasteiger partial charge on any atom is -0.448 e. The van der Waals surface area contributed by atoms with Crippen molar-refractivity contribution in [3.05, 3.63) is 28.2 Å². The maximum Gasteiger partial charge on any atom is 0.313 e. The van der Waals surface area contributed by atoms with Crippen LogP contribution in [0, 0.1) is 10.8 Å². The summed E-state index contributed by atoms with van der Waals surface area (Å²) in [6.07, 6.45) is 1.14. The van der Waals surface area contributed by atoms with Crippen molar-refractivity contribution < 1.29 is 14.3 Å². The Balaban J connectivity index is 1.96. The number of carbonyl (C=O) groups excluding carboxylic acids is 2. The Bertz CT molecular complexity index is 688. The first-order valence-electron chi connectivity index (χ1n) is 7.15. The molecular formula is C16H17Cl2NO3. The summed E-state index contributed by atoms with van der Waals surface area (Å²) in [6, 6.07) is 5.01. The Morgan fingerprint density at radius 1 is 1.23 bits per heavy atom. The van der Waals surface area contributed by atoms with Gasteiger partial charge in [-0.25, -0.2) is 0 Å². The van der Waals surface area contributed by atoms with Crippen LogP contribution in [0.25, 0.3) is 0 Å². The highest BCUT2D eigenvalue weighted by molar-refractivity contribution is 6.44. The number of esters is 1. The number of carbonyl (C=O) groups is 2. The smallest absolute Gasteiger partial charge is 0.313 e. The fourth-order valence-corrected chi connectivity index (χ4v) is 3.92. The van der Waals surface area contributed by atoms with Gasteiger partial charge >= 0.3 is 5.97 Å². The van der Waals surface area contributed by atoms with Crippen LogP contribution in [0.3, 0.4) is 0 Å². The molecule has 4 nitrogen and oxygen atoms in total. The average molecular weight is 342 g/mol. The first-order valence-corrected chi connectivity index (χ1v) is 7.90. The summed E-state index contributed by atoms with van der Waals surface area (Å²) < 4.78 is 5.54. The van der Waals surface area contributed by atoms with E-state index in [1.165, 1.54) is 0 Å². The molecule has 1 aliphatic heterocycles. The molecule has 1 heterocycles. The lowest BCUT2D eigenvalue weighted by Crippen LogP contribution is -2.50. The summed E-state index contributed by atoms with van der Waals surface area (Å²) >= 11 is 12.1. The van der Waals surface area contributed by atoms with Crippen molar-refractivity contribution in [2.45, 2.75) is 39.2 Å². The van der Waals surface area contributed by atoms with Crippen LogP contribution < -0.4 is 5.32 Å². The van der Waals surface area contributed by atoms with Crippen LogP contribution in [0.4, 0.5) is 5.69 Å². The van der Waals surface area contributed by atoms with Crippen LogP contribution in [0.2, 0.25) is 10.0 Å². The Labute approximate surface area is 139 Å². The summed E-state index contributed by atoms with van der Waals surface area (Å²) in [5.74, 6) is -0.660. The Kier molecular flexibility index (Phi) is 3.28. The predicted molar refractivity (Wildman–Crippen MR) is 85.0 cm³/mol. The standard InChI is InChI=1S/C16H17Cl2NO3/c1-14(2)15(3)7-8-16(14,22-13(15)21)12(20)19-10-6-4-5-9(17)11(10)18/h4-6H,7-8H2,1-3H3,(H,19,20). The number of hydrogen-bond acceptors (Lipinski definition) is 3. The van der Waals surface area contributed by atoms with Gasteiger partial charge in [-0.2, -0.15) is 0 Å². The van der Waals surface area contributed by atoms with Gasteiger partial charge in [0.15, 0.2) is 5.60 Å². The molecular weight excluding hydrogens is 325 g/mol. The number of hydrogen-bond donors (Lipinski definition) is 1. The molecule has 0 aromatic heterocycles. The summed E-state index contributed by atoms with van der Waals surface area (Å²) in [4.78, 5) is 25.1. The highest BCUT2D eigenvalue weighted by Crippen LogP contribution is 2.65. The van der Waals surface area contributed by atoms with Crippen molar-refractivity contribution in [2.24, 2.45) is 10.8 Å². The highest BCUT2D eigenvalue weighted by Gasteiger charge is 2.75. The van der Waals surface area contributed by atoms with Crippen LogP contribution in [-0.4, -0.2) is 17.5 Å². The van der Waals surface area contributed by atoms with Crippen molar-refractivity contribution in [1.29, 1.82) is 0 Å². The molecule has 1 amide bonds. The molecule has 0 spiro atoms. The number of halogens is 2. The van der Waals surface area contributed by atoms with E-state index in [1.807, 2.05) is 20.8 Å². The van der Waals surface area contributed by atoms with E-state index in [0.717, 1.165) is 0 Å². The van der Waals surface area contributed by atoms with Crippen molar-refractivity contribution in [3.63, 3.8) is 0 Å². The molecule has 22 heavy (non-hydrogen) atoms. The number of fused-ring (bicyclic) bond motifs is 2. The van der Waals surface area contributed by atoms with Gasteiger partial charge in [0.1, 0.15) is 0 Å². The second-order valence-electron chi connectivity index (χ2n) is 6.73. The van der Waals surface area contributed by atoms with Gasteiger partial charge in [0.05, 0.1) is 21.1 Å². The molecule has 2 fully saturated rings. The van der Waals surface area contributed by atoms with Gasteiger partial charge in [0.25, 0.3) is 5.91 Å². The minimum atomic E-state index is -1.16. The van der Waals surface area contributed by atoms with E-state index in [4.69, 9.17) is 27.9 Å². The normalized spacial score (nSPS) is 32.0. The van der Waals surface area contributed by atoms with Crippen LogP contribution in [0.1, 0.15) is 33.6 Å². The van der Waals surface area contributed by atoms with Gasteiger partial charge < -0.3 is 10.1 Å². The molecule has 1 N–H and O–H groups in total. The summed E-state index contributed by atoms with van der Waals surface area (Å²) in [5, 5.41) is 3.40. The number of ether oxygens (including phenoxy) is 1. The van der Waals surface area contributed by atoms with Gasteiger partial charge in [-0.05, 0) is 31.9 Å². The number of anilines is 1. The first-order chi connectivity index (χ1) is 10.2. The van der Waals surface area contributed by atoms with E-state index >= 15 is 0 Å². The average Bonchev–Trinajstić information content (AvgIpc) is 2.74. The van der Waals surface area contributed by atoms with Crippen LogP contribution >= 0.6 is 23.2 Å². The van der Waals surface area contributed by atoms with Gasteiger partial charge in [-0.15, -0.1) is 0 Å². The number of amides is 1. The first kappa shape index (κ1) is 15.6. The lowest BCUT2D eigenvalue weighted by atomic mass is 9.66. The van der Waals surface area contributed by atoms with Crippen molar-refractivity contribution in [3.8, 4) is 0 Å². The number of nitrogens with one attached hydrogen (secondary N) is 1. The zero-order valence-electron chi connectivity index (χ0n) is 12.6. The maximum atomic E-state index is 12.9. The van der Waals surface area contributed by atoms with Crippen LogP contribution in [0.15, 0.2) is 18.2 Å². The quantitative estimate of drug-likeness (QED) is 0.825. The Morgan fingerprint density at radius 2 is 1.91 bits per heavy atom. The molecule has 1 aliphatic carbocycles. The van der Waals surface area contributed by atoms with Gasteiger partial charge in [-0.1, -0.05) is 43.1 Å². The van der Waals surface area contributed by atoms with E-state index in [0.29, 0.717) is 23.6 Å². The van der Waals surface area contributed by atoms with Crippen LogP contribution in [0.5, 0.6) is 0 Å². The van der Waals surface area contributed by atoms with Crippen molar-refractivity contribution in [1.82, 2.24) is 0 Å². The molecule has 118 valence electrons. The zero-order valence-corrected chi connectivity index (χ0v) is 14.1. The monoisotopic (exact) mass is 341 g/mol. The molecule has 1 aromatic carbocycles. The zero-order chi connectivity index (χ0) is 16.3. The second kappa shape index (κ2) is 4.62. The molecule has 1 aromatic rings. The number of rotatable bonds is 2. The lowest BCUT2D eigenvalue weighted by molar-refractivity contribution is -0.165. The summed E-state index contributed by atoms with van der Waals surface area (Å²) in [6.45, 7) is 5.68. The summed E-state index contributed by atoms with van der Waals surface area (Å²) in [7, 11) is 0.